The number of hydrogen-bond donors (Lipinski definition) is 2. The molecule has 0 bridgehead atoms. The Labute approximate surface area is 145 Å². The summed E-state index contributed by atoms with van der Waals surface area (Å²) in [4.78, 5) is 25.7. The van der Waals surface area contributed by atoms with Gasteiger partial charge in [-0.2, -0.15) is 0 Å². The number of hydrogen-bond acceptors (Lipinski definition) is 5. The van der Waals surface area contributed by atoms with E-state index >= 15 is 0 Å². The molecule has 0 unspecified atom stereocenters. The van der Waals surface area contributed by atoms with Crippen molar-refractivity contribution in [1.82, 2.24) is 15.4 Å². The number of amides is 2. The first-order valence-corrected chi connectivity index (χ1v) is 7.93. The van der Waals surface area contributed by atoms with Gasteiger partial charge >= 0.3 is 0 Å². The lowest BCUT2D eigenvalue weighted by molar-refractivity contribution is -0.123. The van der Waals surface area contributed by atoms with Crippen molar-refractivity contribution in [3.05, 3.63) is 47.4 Å². The SMILES string of the molecule is CCN(CC(=O)NCc1ccc(F)cc1)CC(=O)Nc1cc(C)no1. The van der Waals surface area contributed by atoms with Crippen molar-refractivity contribution in [2.24, 2.45) is 0 Å². The maximum atomic E-state index is 12.8. The molecule has 2 aromatic rings. The molecule has 0 aliphatic carbocycles. The number of carbonyl (C=O) groups is 2. The number of nitrogens with zero attached hydrogens (tertiary/aromatic N) is 2. The Morgan fingerprint density at radius 1 is 1.20 bits per heavy atom. The van der Waals surface area contributed by atoms with E-state index in [1.165, 1.54) is 12.1 Å². The Bertz CT molecular complexity index is 715. The smallest absolute Gasteiger partial charge is 0.240 e. The van der Waals surface area contributed by atoms with Crippen molar-refractivity contribution in [2.75, 3.05) is 25.0 Å². The van der Waals surface area contributed by atoms with Crippen LogP contribution < -0.4 is 10.6 Å². The summed E-state index contributed by atoms with van der Waals surface area (Å²) in [5.41, 5.74) is 1.47. The number of aryl methyl sites for hydroxylation is 1. The lowest BCUT2D eigenvalue weighted by Gasteiger charge is -2.18. The van der Waals surface area contributed by atoms with Crippen molar-refractivity contribution in [1.29, 1.82) is 0 Å². The van der Waals surface area contributed by atoms with E-state index in [-0.39, 0.29) is 36.6 Å². The van der Waals surface area contributed by atoms with Crippen LogP contribution in [0.25, 0.3) is 0 Å². The van der Waals surface area contributed by atoms with Crippen molar-refractivity contribution in [3.63, 3.8) is 0 Å². The number of nitrogens with one attached hydrogen (secondary N) is 2. The fourth-order valence-electron chi connectivity index (χ4n) is 2.14. The summed E-state index contributed by atoms with van der Waals surface area (Å²) < 4.78 is 17.8. The molecule has 134 valence electrons. The van der Waals surface area contributed by atoms with Crippen molar-refractivity contribution < 1.29 is 18.5 Å². The maximum absolute atomic E-state index is 12.8. The molecule has 2 rings (SSSR count). The van der Waals surface area contributed by atoms with E-state index in [4.69, 9.17) is 4.52 Å². The Hall–Kier alpha value is -2.74. The Balaban J connectivity index is 1.76. The zero-order valence-corrected chi connectivity index (χ0v) is 14.2. The molecule has 0 saturated carbocycles. The highest BCUT2D eigenvalue weighted by Gasteiger charge is 2.14. The predicted octanol–water partition coefficient (Wildman–Crippen LogP) is 1.70. The van der Waals surface area contributed by atoms with Gasteiger partial charge in [0.05, 0.1) is 18.8 Å². The average molecular weight is 348 g/mol. The quantitative estimate of drug-likeness (QED) is 0.758. The fraction of sp³-hybridized carbons (Fsp3) is 0.353. The molecule has 1 aromatic carbocycles. The van der Waals surface area contributed by atoms with Gasteiger partial charge in [-0.05, 0) is 31.2 Å². The van der Waals surface area contributed by atoms with Gasteiger partial charge in [-0.1, -0.05) is 24.2 Å². The van der Waals surface area contributed by atoms with Crippen molar-refractivity contribution >= 4 is 17.7 Å². The van der Waals surface area contributed by atoms with Crippen LogP contribution in [0.4, 0.5) is 10.3 Å². The molecule has 0 atom stereocenters. The highest BCUT2D eigenvalue weighted by Crippen LogP contribution is 2.08. The summed E-state index contributed by atoms with van der Waals surface area (Å²) in [6.07, 6.45) is 0. The number of halogens is 1. The molecular formula is C17H21FN4O3. The Morgan fingerprint density at radius 2 is 1.88 bits per heavy atom. The van der Waals surface area contributed by atoms with E-state index in [1.807, 2.05) is 6.92 Å². The number of anilines is 1. The van der Waals surface area contributed by atoms with Gasteiger partial charge < -0.3 is 9.84 Å². The molecule has 0 saturated heterocycles. The number of rotatable bonds is 8. The first-order chi connectivity index (χ1) is 12.0. The zero-order chi connectivity index (χ0) is 18.2. The van der Waals surface area contributed by atoms with Crippen molar-refractivity contribution in [2.45, 2.75) is 20.4 Å². The first-order valence-electron chi connectivity index (χ1n) is 7.93. The maximum Gasteiger partial charge on any atom is 0.240 e. The van der Waals surface area contributed by atoms with E-state index in [1.54, 1.807) is 30.0 Å². The van der Waals surface area contributed by atoms with Gasteiger partial charge in [0.25, 0.3) is 0 Å². The molecule has 0 aliphatic rings. The molecule has 0 aliphatic heterocycles. The first kappa shape index (κ1) is 18.6. The normalized spacial score (nSPS) is 10.7. The molecule has 7 nitrogen and oxygen atoms in total. The van der Waals surface area contributed by atoms with E-state index in [0.29, 0.717) is 18.8 Å². The molecule has 2 amide bonds. The van der Waals surface area contributed by atoms with Gasteiger partial charge in [0.2, 0.25) is 17.7 Å². The molecule has 25 heavy (non-hydrogen) atoms. The molecule has 1 heterocycles. The predicted molar refractivity (Wildman–Crippen MR) is 90.2 cm³/mol. The molecule has 2 N–H and O–H groups in total. The number of aromatic nitrogens is 1. The minimum absolute atomic E-state index is 0.0558. The van der Waals surface area contributed by atoms with Gasteiger partial charge in [0.15, 0.2) is 0 Å². The number of likely N-dealkylation sites (N-methyl/N-ethyl adjacent to an activating group) is 1. The van der Waals surface area contributed by atoms with Gasteiger partial charge in [0, 0.05) is 12.6 Å². The van der Waals surface area contributed by atoms with Crippen LogP contribution in [0.15, 0.2) is 34.9 Å². The van der Waals surface area contributed by atoms with E-state index in [0.717, 1.165) is 5.56 Å². The topological polar surface area (TPSA) is 87.5 Å². The van der Waals surface area contributed by atoms with Crippen LogP contribution in [-0.2, 0) is 16.1 Å². The monoisotopic (exact) mass is 348 g/mol. The standard InChI is InChI=1S/C17H21FN4O3/c1-3-22(11-16(24)20-17-8-12(2)21-25-17)10-15(23)19-9-13-4-6-14(18)7-5-13/h4-8H,3,9-11H2,1-2H3,(H,19,23)(H,20,24). The van der Waals surface area contributed by atoms with E-state index in [2.05, 4.69) is 15.8 Å². The second-order valence-corrected chi connectivity index (χ2v) is 5.59. The third-order valence-electron chi connectivity index (χ3n) is 3.48. The molecule has 0 radical (unpaired) electrons. The van der Waals surface area contributed by atoms with Crippen LogP contribution in [0, 0.1) is 12.7 Å². The van der Waals surface area contributed by atoms with Gasteiger partial charge in [0.1, 0.15) is 5.82 Å². The molecule has 8 heteroatoms. The van der Waals surface area contributed by atoms with Gasteiger partial charge in [-0.3, -0.25) is 19.8 Å². The molecule has 0 fully saturated rings. The van der Waals surface area contributed by atoms with Crippen LogP contribution in [-0.4, -0.2) is 41.5 Å². The van der Waals surface area contributed by atoms with Crippen LogP contribution in [0.3, 0.4) is 0 Å². The summed E-state index contributed by atoms with van der Waals surface area (Å²) in [6.45, 7) is 4.59. The third-order valence-corrected chi connectivity index (χ3v) is 3.48. The minimum atomic E-state index is -0.319. The van der Waals surface area contributed by atoms with E-state index in [9.17, 15) is 14.0 Å². The molecular weight excluding hydrogens is 327 g/mol. The second-order valence-electron chi connectivity index (χ2n) is 5.59. The van der Waals surface area contributed by atoms with E-state index < -0.39 is 0 Å². The van der Waals surface area contributed by atoms with Gasteiger partial charge in [-0.15, -0.1) is 0 Å². The van der Waals surface area contributed by atoms with Gasteiger partial charge in [-0.25, -0.2) is 4.39 Å². The third kappa shape index (κ3) is 6.34. The number of carbonyl (C=O) groups excluding carboxylic acids is 2. The second kappa shape index (κ2) is 8.93. The molecule has 0 spiro atoms. The summed E-state index contributed by atoms with van der Waals surface area (Å²) >= 11 is 0. The highest BCUT2D eigenvalue weighted by molar-refractivity contribution is 5.91. The molecule has 1 aromatic heterocycles. The largest absolute Gasteiger partial charge is 0.351 e. The Morgan fingerprint density at radius 3 is 2.48 bits per heavy atom. The van der Waals surface area contributed by atoms with Crippen molar-refractivity contribution in [3.8, 4) is 0 Å². The van der Waals surface area contributed by atoms with Crippen LogP contribution in [0.1, 0.15) is 18.2 Å². The lowest BCUT2D eigenvalue weighted by atomic mass is 10.2. The zero-order valence-electron chi connectivity index (χ0n) is 14.2. The minimum Gasteiger partial charge on any atom is -0.351 e. The lowest BCUT2D eigenvalue weighted by Crippen LogP contribution is -2.40. The summed E-state index contributed by atoms with van der Waals surface area (Å²) in [5.74, 6) is -0.543. The van der Waals surface area contributed by atoms with Crippen LogP contribution >= 0.6 is 0 Å². The number of benzene rings is 1. The average Bonchev–Trinajstić information content (AvgIpc) is 2.98. The summed E-state index contributed by atoms with van der Waals surface area (Å²) in [6, 6.07) is 7.52. The van der Waals surface area contributed by atoms with Crippen LogP contribution in [0.5, 0.6) is 0 Å². The fourth-order valence-corrected chi connectivity index (χ4v) is 2.14. The van der Waals surface area contributed by atoms with Crippen LogP contribution in [0.2, 0.25) is 0 Å². The summed E-state index contributed by atoms with van der Waals surface area (Å²) in [7, 11) is 0. The Kier molecular flexibility index (Phi) is 6.64. The highest BCUT2D eigenvalue weighted by atomic mass is 19.1. The summed E-state index contributed by atoms with van der Waals surface area (Å²) in [5, 5.41) is 9.02.